The van der Waals surface area contributed by atoms with Gasteiger partial charge in [0.15, 0.2) is 0 Å². The third-order valence-corrected chi connectivity index (χ3v) is 6.42. The standard InChI is InChI=1S/C29H33N5O2/c1-17-9-7-10-18(2)25(17)21-13-22(16-24(15-21)34(5)6)27-31-19(3)26(33-27)29(36)32-23-12-8-11-20(14-23)28(35)30-4/h7-16,27,31,33H,1-6H3,(H,30,35)(H,32,36). The van der Waals surface area contributed by atoms with Crippen LogP contribution in [0.1, 0.15) is 40.1 Å². The summed E-state index contributed by atoms with van der Waals surface area (Å²) >= 11 is 0. The molecule has 1 aliphatic heterocycles. The van der Waals surface area contributed by atoms with E-state index in [9.17, 15) is 9.59 Å². The van der Waals surface area contributed by atoms with Gasteiger partial charge in [0, 0.05) is 43.8 Å². The molecule has 186 valence electrons. The molecule has 0 saturated heterocycles. The molecule has 0 aromatic heterocycles. The van der Waals surface area contributed by atoms with Crippen LogP contribution in [-0.2, 0) is 4.79 Å². The predicted octanol–water partition coefficient (Wildman–Crippen LogP) is 4.46. The second-order valence-corrected chi connectivity index (χ2v) is 9.31. The Morgan fingerprint density at radius 3 is 2.22 bits per heavy atom. The first kappa shape index (κ1) is 24.9. The second-order valence-electron chi connectivity index (χ2n) is 9.31. The van der Waals surface area contributed by atoms with Gasteiger partial charge in [0.05, 0.1) is 0 Å². The molecule has 1 heterocycles. The third-order valence-electron chi connectivity index (χ3n) is 6.42. The number of aryl methyl sites for hydroxylation is 2. The first-order valence-electron chi connectivity index (χ1n) is 11.9. The Labute approximate surface area is 212 Å². The number of nitrogens with one attached hydrogen (secondary N) is 4. The maximum atomic E-state index is 13.1. The molecular weight excluding hydrogens is 450 g/mol. The number of hydrogen-bond donors (Lipinski definition) is 4. The number of hydrogen-bond acceptors (Lipinski definition) is 5. The number of anilines is 2. The van der Waals surface area contributed by atoms with E-state index in [0.717, 1.165) is 22.5 Å². The maximum Gasteiger partial charge on any atom is 0.273 e. The van der Waals surface area contributed by atoms with Gasteiger partial charge in [0.1, 0.15) is 11.9 Å². The molecule has 0 bridgehead atoms. The average Bonchev–Trinajstić information content (AvgIpc) is 3.25. The van der Waals surface area contributed by atoms with E-state index in [1.54, 1.807) is 31.3 Å². The lowest BCUT2D eigenvalue weighted by molar-refractivity contribution is -0.113. The smallest absolute Gasteiger partial charge is 0.273 e. The number of carbonyl (C=O) groups is 2. The fourth-order valence-corrected chi connectivity index (χ4v) is 4.53. The van der Waals surface area contributed by atoms with Crippen molar-refractivity contribution < 1.29 is 9.59 Å². The molecule has 7 heteroatoms. The lowest BCUT2D eigenvalue weighted by Gasteiger charge is -2.21. The summed E-state index contributed by atoms with van der Waals surface area (Å²) in [5.74, 6) is -0.474. The van der Waals surface area contributed by atoms with Crippen molar-refractivity contribution in [2.75, 3.05) is 31.4 Å². The van der Waals surface area contributed by atoms with Crippen molar-refractivity contribution in [3.8, 4) is 11.1 Å². The Balaban J connectivity index is 1.60. The van der Waals surface area contributed by atoms with E-state index in [1.165, 1.54) is 16.7 Å². The summed E-state index contributed by atoms with van der Waals surface area (Å²) in [5, 5.41) is 12.3. The van der Waals surface area contributed by atoms with Crippen LogP contribution in [0, 0.1) is 13.8 Å². The summed E-state index contributed by atoms with van der Waals surface area (Å²) in [6, 6.07) is 19.7. The molecule has 2 amide bonds. The minimum Gasteiger partial charge on any atom is -0.378 e. The minimum atomic E-state index is -0.268. The minimum absolute atomic E-state index is 0.206. The van der Waals surface area contributed by atoms with Crippen molar-refractivity contribution in [3.63, 3.8) is 0 Å². The zero-order chi connectivity index (χ0) is 26.0. The van der Waals surface area contributed by atoms with Gasteiger partial charge in [-0.1, -0.05) is 24.3 Å². The van der Waals surface area contributed by atoms with Crippen molar-refractivity contribution in [3.05, 3.63) is 94.3 Å². The van der Waals surface area contributed by atoms with Gasteiger partial charge in [-0.05, 0) is 85.0 Å². The van der Waals surface area contributed by atoms with Crippen molar-refractivity contribution in [2.45, 2.75) is 26.9 Å². The zero-order valence-electron chi connectivity index (χ0n) is 21.6. The van der Waals surface area contributed by atoms with Crippen LogP contribution in [0.5, 0.6) is 0 Å². The Hall–Kier alpha value is -4.26. The molecule has 0 fully saturated rings. The van der Waals surface area contributed by atoms with Gasteiger partial charge in [-0.15, -0.1) is 0 Å². The van der Waals surface area contributed by atoms with Crippen LogP contribution in [0.3, 0.4) is 0 Å². The molecule has 36 heavy (non-hydrogen) atoms. The second kappa shape index (κ2) is 10.2. The average molecular weight is 484 g/mol. The Bertz CT molecular complexity index is 1340. The van der Waals surface area contributed by atoms with Crippen molar-refractivity contribution in [1.82, 2.24) is 16.0 Å². The summed E-state index contributed by atoms with van der Waals surface area (Å²) in [6.07, 6.45) is -0.258. The van der Waals surface area contributed by atoms with Crippen LogP contribution in [-0.4, -0.2) is 33.0 Å². The Kier molecular flexibility index (Phi) is 7.01. The molecule has 0 saturated carbocycles. The summed E-state index contributed by atoms with van der Waals surface area (Å²) < 4.78 is 0. The maximum absolute atomic E-state index is 13.1. The summed E-state index contributed by atoms with van der Waals surface area (Å²) in [5.41, 5.74) is 9.16. The fraction of sp³-hybridized carbons (Fsp3) is 0.241. The zero-order valence-corrected chi connectivity index (χ0v) is 21.6. The molecule has 1 unspecified atom stereocenters. The topological polar surface area (TPSA) is 85.5 Å². The van der Waals surface area contributed by atoms with Gasteiger partial charge in [0.2, 0.25) is 0 Å². The molecule has 0 radical (unpaired) electrons. The van der Waals surface area contributed by atoms with Crippen LogP contribution >= 0.6 is 0 Å². The van der Waals surface area contributed by atoms with Gasteiger partial charge >= 0.3 is 0 Å². The van der Waals surface area contributed by atoms with Gasteiger partial charge in [-0.2, -0.15) is 0 Å². The molecule has 3 aromatic rings. The summed E-state index contributed by atoms with van der Waals surface area (Å²) in [6.45, 7) is 6.14. The molecule has 3 aromatic carbocycles. The third kappa shape index (κ3) is 5.05. The van der Waals surface area contributed by atoms with Gasteiger partial charge < -0.3 is 26.2 Å². The largest absolute Gasteiger partial charge is 0.378 e. The van der Waals surface area contributed by atoms with Crippen molar-refractivity contribution in [2.24, 2.45) is 0 Å². The van der Waals surface area contributed by atoms with Crippen LogP contribution in [0.2, 0.25) is 0 Å². The van der Waals surface area contributed by atoms with E-state index in [4.69, 9.17) is 0 Å². The lowest BCUT2D eigenvalue weighted by Crippen LogP contribution is -2.28. The Morgan fingerprint density at radius 1 is 0.861 bits per heavy atom. The van der Waals surface area contributed by atoms with Crippen LogP contribution in [0.25, 0.3) is 11.1 Å². The quantitative estimate of drug-likeness (QED) is 0.416. The van der Waals surface area contributed by atoms with Crippen LogP contribution in [0.15, 0.2) is 72.1 Å². The van der Waals surface area contributed by atoms with E-state index in [2.05, 4.69) is 76.4 Å². The lowest BCUT2D eigenvalue weighted by atomic mass is 9.93. The monoisotopic (exact) mass is 483 g/mol. The van der Waals surface area contributed by atoms with E-state index in [-0.39, 0.29) is 18.0 Å². The molecule has 0 aliphatic carbocycles. The molecule has 4 N–H and O–H groups in total. The number of rotatable bonds is 6. The van der Waals surface area contributed by atoms with Gasteiger partial charge in [-0.25, -0.2) is 0 Å². The van der Waals surface area contributed by atoms with Crippen LogP contribution < -0.4 is 26.2 Å². The highest BCUT2D eigenvalue weighted by molar-refractivity contribution is 6.05. The molecule has 4 rings (SSSR count). The normalized spacial score (nSPS) is 14.7. The van der Waals surface area contributed by atoms with Crippen molar-refractivity contribution in [1.29, 1.82) is 0 Å². The summed E-state index contributed by atoms with van der Waals surface area (Å²) in [4.78, 5) is 27.2. The first-order valence-corrected chi connectivity index (χ1v) is 11.9. The van der Waals surface area contributed by atoms with Crippen LogP contribution in [0.4, 0.5) is 11.4 Å². The highest BCUT2D eigenvalue weighted by atomic mass is 16.2. The Morgan fingerprint density at radius 2 is 1.56 bits per heavy atom. The number of nitrogens with zero attached hydrogens (tertiary/aromatic N) is 1. The van der Waals surface area contributed by atoms with E-state index < -0.39 is 0 Å². The number of allylic oxidation sites excluding steroid dienone is 1. The van der Waals surface area contributed by atoms with E-state index in [1.807, 2.05) is 21.0 Å². The van der Waals surface area contributed by atoms with Gasteiger partial charge in [-0.3, -0.25) is 9.59 Å². The molecule has 1 atom stereocenters. The molecule has 0 spiro atoms. The van der Waals surface area contributed by atoms with Crippen molar-refractivity contribution >= 4 is 23.2 Å². The highest BCUT2D eigenvalue weighted by Crippen LogP contribution is 2.34. The summed E-state index contributed by atoms with van der Waals surface area (Å²) in [7, 11) is 5.63. The van der Waals surface area contributed by atoms with E-state index in [0.29, 0.717) is 16.9 Å². The van der Waals surface area contributed by atoms with Gasteiger partial charge in [0.25, 0.3) is 11.8 Å². The number of carbonyl (C=O) groups excluding carboxylic acids is 2. The molecule has 7 nitrogen and oxygen atoms in total. The first-order chi connectivity index (χ1) is 17.2. The number of amides is 2. The molecule has 1 aliphatic rings. The SMILES string of the molecule is CNC(=O)c1cccc(NC(=O)C2=C(C)NC(c3cc(-c4c(C)cccc4C)cc(N(C)C)c3)N2)c1. The predicted molar refractivity (Wildman–Crippen MR) is 146 cm³/mol. The fourth-order valence-electron chi connectivity index (χ4n) is 4.53. The highest BCUT2D eigenvalue weighted by Gasteiger charge is 2.27. The van der Waals surface area contributed by atoms with E-state index >= 15 is 0 Å². The molecular formula is C29H33N5O2. The number of benzene rings is 3.